The molecule has 2 amide bonds. The number of nitrogens with zero attached hydrogens (tertiary/aromatic N) is 2. The molecule has 2 heterocycles. The molecule has 1 aliphatic carbocycles. The van der Waals surface area contributed by atoms with Gasteiger partial charge in [-0.05, 0) is 62.1 Å². The smallest absolute Gasteiger partial charge is 0.335 e. The van der Waals surface area contributed by atoms with Gasteiger partial charge in [0, 0.05) is 38.0 Å². The van der Waals surface area contributed by atoms with Gasteiger partial charge in [-0.3, -0.25) is 9.59 Å². The van der Waals surface area contributed by atoms with Crippen LogP contribution < -0.4 is 0 Å². The number of likely N-dealkylation sites (tertiary alicyclic amines) is 2. The lowest BCUT2D eigenvalue weighted by Crippen LogP contribution is -2.45. The molecular weight excluding hydrogens is 380 g/mol. The molecule has 1 N–H and O–H groups in total. The topological polar surface area (TPSA) is 77.9 Å². The van der Waals surface area contributed by atoms with Crippen LogP contribution >= 0.6 is 0 Å². The molecular formula is C24H32N2O4. The van der Waals surface area contributed by atoms with E-state index in [4.69, 9.17) is 5.11 Å². The van der Waals surface area contributed by atoms with Crippen LogP contribution in [-0.4, -0.2) is 58.9 Å². The third-order valence-corrected chi connectivity index (χ3v) is 7.18. The van der Waals surface area contributed by atoms with E-state index in [1.165, 1.54) is 12.8 Å². The van der Waals surface area contributed by atoms with Gasteiger partial charge in [0.15, 0.2) is 0 Å². The van der Waals surface area contributed by atoms with Crippen molar-refractivity contribution in [1.29, 1.82) is 0 Å². The number of hydrogen-bond donors (Lipinski definition) is 1. The quantitative estimate of drug-likeness (QED) is 0.806. The van der Waals surface area contributed by atoms with E-state index >= 15 is 0 Å². The first-order valence-corrected chi connectivity index (χ1v) is 11.4. The second-order valence-electron chi connectivity index (χ2n) is 9.23. The van der Waals surface area contributed by atoms with E-state index in [0.717, 1.165) is 70.3 Å². The van der Waals surface area contributed by atoms with Gasteiger partial charge in [0.05, 0.1) is 5.56 Å². The van der Waals surface area contributed by atoms with Crippen molar-refractivity contribution in [3.05, 3.63) is 35.4 Å². The number of carboxylic acids is 1. The molecule has 0 radical (unpaired) electrons. The first kappa shape index (κ1) is 20.9. The highest BCUT2D eigenvalue weighted by molar-refractivity contribution is 5.87. The van der Waals surface area contributed by atoms with Gasteiger partial charge < -0.3 is 14.9 Å². The van der Waals surface area contributed by atoms with E-state index in [-0.39, 0.29) is 17.7 Å². The predicted molar refractivity (Wildman–Crippen MR) is 113 cm³/mol. The summed E-state index contributed by atoms with van der Waals surface area (Å²) in [6.07, 6.45) is 7.85. The molecule has 4 rings (SSSR count). The van der Waals surface area contributed by atoms with Crippen molar-refractivity contribution in [2.75, 3.05) is 26.2 Å². The summed E-state index contributed by atoms with van der Waals surface area (Å²) in [5, 5.41) is 9.02. The minimum atomic E-state index is -0.907. The lowest BCUT2D eigenvalue weighted by molar-refractivity contribution is -0.142. The maximum Gasteiger partial charge on any atom is 0.335 e. The largest absolute Gasteiger partial charge is 0.478 e. The van der Waals surface area contributed by atoms with Crippen molar-refractivity contribution in [1.82, 2.24) is 9.80 Å². The summed E-state index contributed by atoms with van der Waals surface area (Å²) in [6.45, 7) is 3.02. The maximum absolute atomic E-state index is 13.0. The molecule has 0 spiro atoms. The molecule has 3 fully saturated rings. The first-order chi connectivity index (χ1) is 14.5. The molecule has 162 valence electrons. The Balaban J connectivity index is 1.24. The van der Waals surface area contributed by atoms with Gasteiger partial charge in [0.1, 0.15) is 0 Å². The van der Waals surface area contributed by atoms with Gasteiger partial charge in [-0.1, -0.05) is 25.0 Å². The van der Waals surface area contributed by atoms with Gasteiger partial charge in [0.25, 0.3) is 0 Å². The molecule has 1 aromatic carbocycles. The fraction of sp³-hybridized carbons (Fsp3) is 0.625. The fourth-order valence-corrected chi connectivity index (χ4v) is 5.35. The number of hydrogen-bond acceptors (Lipinski definition) is 3. The van der Waals surface area contributed by atoms with Gasteiger partial charge in [-0.2, -0.15) is 0 Å². The second kappa shape index (κ2) is 9.19. The Labute approximate surface area is 178 Å². The minimum absolute atomic E-state index is 0.0474. The molecule has 0 bridgehead atoms. The number of carbonyl (C=O) groups is 3. The van der Waals surface area contributed by atoms with Gasteiger partial charge in [0.2, 0.25) is 11.8 Å². The van der Waals surface area contributed by atoms with E-state index in [1.807, 2.05) is 21.9 Å². The number of rotatable bonds is 5. The fourth-order valence-electron chi connectivity index (χ4n) is 5.35. The lowest BCUT2D eigenvalue weighted by Gasteiger charge is -2.34. The third kappa shape index (κ3) is 4.68. The zero-order valence-electron chi connectivity index (χ0n) is 17.6. The second-order valence-corrected chi connectivity index (χ2v) is 9.23. The van der Waals surface area contributed by atoms with Crippen molar-refractivity contribution in [3.8, 4) is 0 Å². The Hall–Kier alpha value is -2.37. The molecule has 1 atom stereocenters. The van der Waals surface area contributed by atoms with Crippen LogP contribution in [0.5, 0.6) is 0 Å². The highest BCUT2D eigenvalue weighted by atomic mass is 16.4. The molecule has 2 saturated heterocycles. The summed E-state index contributed by atoms with van der Waals surface area (Å²) < 4.78 is 0. The van der Waals surface area contributed by atoms with Crippen LogP contribution in [0.15, 0.2) is 24.3 Å². The average Bonchev–Trinajstić information content (AvgIpc) is 3.46. The molecule has 2 aliphatic heterocycles. The van der Waals surface area contributed by atoms with Crippen molar-refractivity contribution in [3.63, 3.8) is 0 Å². The third-order valence-electron chi connectivity index (χ3n) is 7.18. The highest BCUT2D eigenvalue weighted by Gasteiger charge is 2.35. The molecule has 0 aromatic heterocycles. The number of piperidine rings is 1. The SMILES string of the molecule is O=C(O)c1ccc(CC2CCN(C(=O)C3CCN(C(=O)C4CCCC4)CC3)C2)cc1. The monoisotopic (exact) mass is 412 g/mol. The van der Waals surface area contributed by atoms with E-state index < -0.39 is 5.97 Å². The number of amides is 2. The Morgan fingerprint density at radius 1 is 0.800 bits per heavy atom. The Bertz CT molecular complexity index is 777. The lowest BCUT2D eigenvalue weighted by atomic mass is 9.94. The van der Waals surface area contributed by atoms with Crippen LogP contribution in [0.25, 0.3) is 0 Å². The normalized spacial score (nSPS) is 23.1. The van der Waals surface area contributed by atoms with Crippen LogP contribution in [0.4, 0.5) is 0 Å². The van der Waals surface area contributed by atoms with Crippen molar-refractivity contribution in [2.45, 2.75) is 51.4 Å². The number of carboxylic acid groups (broad SMARTS) is 1. The van der Waals surface area contributed by atoms with E-state index in [0.29, 0.717) is 17.4 Å². The molecule has 1 aromatic rings. The van der Waals surface area contributed by atoms with Crippen LogP contribution in [0.1, 0.15) is 60.9 Å². The molecule has 1 saturated carbocycles. The zero-order valence-corrected chi connectivity index (χ0v) is 17.6. The predicted octanol–water partition coefficient (Wildman–Crippen LogP) is 3.20. The summed E-state index contributed by atoms with van der Waals surface area (Å²) in [6, 6.07) is 7.06. The minimum Gasteiger partial charge on any atom is -0.478 e. The summed E-state index contributed by atoms with van der Waals surface area (Å²) >= 11 is 0. The van der Waals surface area contributed by atoms with E-state index in [9.17, 15) is 14.4 Å². The van der Waals surface area contributed by atoms with Crippen LogP contribution in [0.2, 0.25) is 0 Å². The van der Waals surface area contributed by atoms with Crippen molar-refractivity contribution >= 4 is 17.8 Å². The first-order valence-electron chi connectivity index (χ1n) is 11.4. The summed E-state index contributed by atoms with van der Waals surface area (Å²) in [7, 11) is 0. The van der Waals surface area contributed by atoms with Gasteiger partial charge in [-0.15, -0.1) is 0 Å². The number of aromatic carboxylic acids is 1. The Kier molecular flexibility index (Phi) is 6.40. The van der Waals surface area contributed by atoms with Crippen LogP contribution in [0.3, 0.4) is 0 Å². The zero-order chi connectivity index (χ0) is 21.1. The van der Waals surface area contributed by atoms with Crippen molar-refractivity contribution < 1.29 is 19.5 Å². The van der Waals surface area contributed by atoms with Gasteiger partial charge >= 0.3 is 5.97 Å². The molecule has 3 aliphatic rings. The highest BCUT2D eigenvalue weighted by Crippen LogP contribution is 2.30. The molecule has 6 nitrogen and oxygen atoms in total. The van der Waals surface area contributed by atoms with E-state index in [1.54, 1.807) is 12.1 Å². The Morgan fingerprint density at radius 3 is 2.00 bits per heavy atom. The van der Waals surface area contributed by atoms with Crippen molar-refractivity contribution in [2.24, 2.45) is 17.8 Å². The summed E-state index contributed by atoms with van der Waals surface area (Å²) in [5.74, 6) is 0.358. The standard InChI is InChI=1S/C24H32N2O4/c27-22(19-3-1-2-4-19)25-13-10-20(11-14-25)23(28)26-12-9-18(16-26)15-17-5-7-21(8-6-17)24(29)30/h5-8,18-20H,1-4,9-16H2,(H,29,30). The Morgan fingerprint density at radius 2 is 1.37 bits per heavy atom. The van der Waals surface area contributed by atoms with Crippen LogP contribution in [0, 0.1) is 17.8 Å². The maximum atomic E-state index is 13.0. The summed E-state index contributed by atoms with van der Waals surface area (Å²) in [4.78, 5) is 40.6. The average molecular weight is 413 g/mol. The summed E-state index contributed by atoms with van der Waals surface area (Å²) in [5.41, 5.74) is 1.43. The molecule has 1 unspecified atom stereocenters. The van der Waals surface area contributed by atoms with Crippen LogP contribution in [-0.2, 0) is 16.0 Å². The number of carbonyl (C=O) groups excluding carboxylic acids is 2. The molecule has 6 heteroatoms. The number of benzene rings is 1. The molecule has 30 heavy (non-hydrogen) atoms. The van der Waals surface area contributed by atoms with E-state index in [2.05, 4.69) is 0 Å². The van der Waals surface area contributed by atoms with Gasteiger partial charge in [-0.25, -0.2) is 4.79 Å².